The Kier molecular flexibility index (Phi) is 2.18. The zero-order chi connectivity index (χ0) is 9.97. The molecule has 0 amide bonds. The Hall–Kier alpha value is -1.84. The molecular formula is C10H12N4. The van der Waals surface area contributed by atoms with E-state index in [2.05, 4.69) is 20.5 Å². The lowest BCUT2D eigenvalue weighted by atomic mass is 10.1. The Bertz CT molecular complexity index is 433. The van der Waals surface area contributed by atoms with Gasteiger partial charge in [-0.2, -0.15) is 5.10 Å². The van der Waals surface area contributed by atoms with Crippen LogP contribution in [0.25, 0.3) is 11.4 Å². The zero-order valence-corrected chi connectivity index (χ0v) is 8.20. The average molecular weight is 188 g/mol. The predicted molar refractivity (Wildman–Crippen MR) is 56.1 cm³/mol. The van der Waals surface area contributed by atoms with Crippen molar-refractivity contribution in [1.82, 2.24) is 15.2 Å². The molecule has 4 heteroatoms. The topological polar surface area (TPSA) is 53.6 Å². The number of aryl methyl sites for hydroxylation is 1. The summed E-state index contributed by atoms with van der Waals surface area (Å²) in [6.45, 7) is 1.89. The van der Waals surface area contributed by atoms with Gasteiger partial charge in [0.15, 0.2) is 5.82 Å². The van der Waals surface area contributed by atoms with Crippen LogP contribution in [0.3, 0.4) is 0 Å². The van der Waals surface area contributed by atoms with Crippen LogP contribution in [0.2, 0.25) is 0 Å². The van der Waals surface area contributed by atoms with E-state index in [1.807, 2.05) is 38.2 Å². The SMILES string of the molecule is CNc1ccccc1-c1n[nH]c(C)n1. The van der Waals surface area contributed by atoms with Crippen LogP contribution in [0, 0.1) is 6.92 Å². The van der Waals surface area contributed by atoms with Crippen molar-refractivity contribution >= 4 is 5.69 Å². The number of rotatable bonds is 2. The van der Waals surface area contributed by atoms with Gasteiger partial charge in [0.2, 0.25) is 0 Å². The standard InChI is InChI=1S/C10H12N4/c1-7-12-10(14-13-7)8-5-3-4-6-9(8)11-2/h3-6,11H,1-2H3,(H,12,13,14). The molecule has 2 N–H and O–H groups in total. The van der Waals surface area contributed by atoms with Gasteiger partial charge in [0.25, 0.3) is 0 Å². The van der Waals surface area contributed by atoms with Crippen molar-refractivity contribution in [3.63, 3.8) is 0 Å². The number of aromatic nitrogens is 3. The van der Waals surface area contributed by atoms with Gasteiger partial charge in [-0.25, -0.2) is 4.98 Å². The molecule has 2 aromatic rings. The minimum Gasteiger partial charge on any atom is -0.388 e. The summed E-state index contributed by atoms with van der Waals surface area (Å²) in [4.78, 5) is 4.28. The fourth-order valence-corrected chi connectivity index (χ4v) is 1.36. The molecule has 0 saturated heterocycles. The Morgan fingerprint density at radius 3 is 2.71 bits per heavy atom. The molecule has 0 radical (unpaired) electrons. The third-order valence-corrected chi connectivity index (χ3v) is 2.03. The molecule has 4 nitrogen and oxygen atoms in total. The van der Waals surface area contributed by atoms with E-state index in [-0.39, 0.29) is 0 Å². The van der Waals surface area contributed by atoms with Crippen LogP contribution in [-0.2, 0) is 0 Å². The molecule has 14 heavy (non-hydrogen) atoms. The second-order valence-corrected chi connectivity index (χ2v) is 3.04. The Morgan fingerprint density at radius 2 is 2.07 bits per heavy atom. The van der Waals surface area contributed by atoms with Crippen LogP contribution in [0.15, 0.2) is 24.3 Å². The first-order valence-electron chi connectivity index (χ1n) is 4.47. The first kappa shape index (κ1) is 8.74. The van der Waals surface area contributed by atoms with E-state index in [0.717, 1.165) is 22.9 Å². The molecular weight excluding hydrogens is 176 g/mol. The van der Waals surface area contributed by atoms with Crippen molar-refractivity contribution in [2.45, 2.75) is 6.92 Å². The van der Waals surface area contributed by atoms with Crippen LogP contribution >= 0.6 is 0 Å². The highest BCUT2D eigenvalue weighted by molar-refractivity contribution is 5.72. The maximum absolute atomic E-state index is 4.28. The van der Waals surface area contributed by atoms with Crippen LogP contribution in [0.4, 0.5) is 5.69 Å². The van der Waals surface area contributed by atoms with Crippen molar-refractivity contribution in [1.29, 1.82) is 0 Å². The number of H-pyrrole nitrogens is 1. The fraction of sp³-hybridized carbons (Fsp3) is 0.200. The summed E-state index contributed by atoms with van der Waals surface area (Å²) in [7, 11) is 1.89. The van der Waals surface area contributed by atoms with E-state index in [1.165, 1.54) is 0 Å². The molecule has 2 rings (SSSR count). The average Bonchev–Trinajstić information content (AvgIpc) is 2.65. The minimum absolute atomic E-state index is 0.729. The minimum atomic E-state index is 0.729. The highest BCUT2D eigenvalue weighted by Gasteiger charge is 2.06. The lowest BCUT2D eigenvalue weighted by Gasteiger charge is -2.04. The summed E-state index contributed by atoms with van der Waals surface area (Å²) in [5.74, 6) is 1.55. The zero-order valence-electron chi connectivity index (χ0n) is 8.20. The summed E-state index contributed by atoms with van der Waals surface area (Å²) in [6, 6.07) is 7.95. The number of aromatic amines is 1. The van der Waals surface area contributed by atoms with Crippen LogP contribution in [0.1, 0.15) is 5.82 Å². The lowest BCUT2D eigenvalue weighted by molar-refractivity contribution is 1.04. The number of hydrogen-bond donors (Lipinski definition) is 2. The molecule has 0 unspecified atom stereocenters. The molecule has 1 aromatic heterocycles. The molecule has 72 valence electrons. The van der Waals surface area contributed by atoms with E-state index in [0.29, 0.717) is 0 Å². The van der Waals surface area contributed by atoms with Crippen molar-refractivity contribution in [3.05, 3.63) is 30.1 Å². The Labute approximate surface area is 82.4 Å². The third kappa shape index (κ3) is 1.46. The van der Waals surface area contributed by atoms with Gasteiger partial charge < -0.3 is 5.32 Å². The number of benzene rings is 1. The fourth-order valence-electron chi connectivity index (χ4n) is 1.36. The summed E-state index contributed by atoms with van der Waals surface area (Å²) < 4.78 is 0. The van der Waals surface area contributed by atoms with Crippen molar-refractivity contribution in [3.8, 4) is 11.4 Å². The molecule has 0 aliphatic heterocycles. The molecule has 0 aliphatic carbocycles. The van der Waals surface area contributed by atoms with Gasteiger partial charge in [-0.3, -0.25) is 5.10 Å². The van der Waals surface area contributed by atoms with Crippen molar-refractivity contribution in [2.24, 2.45) is 0 Å². The molecule has 0 spiro atoms. The van der Waals surface area contributed by atoms with Crippen molar-refractivity contribution in [2.75, 3.05) is 12.4 Å². The quantitative estimate of drug-likeness (QED) is 0.755. The summed E-state index contributed by atoms with van der Waals surface area (Å²) in [5, 5.41) is 10.1. The molecule has 0 atom stereocenters. The first-order valence-corrected chi connectivity index (χ1v) is 4.47. The monoisotopic (exact) mass is 188 g/mol. The van der Waals surface area contributed by atoms with Gasteiger partial charge in [0, 0.05) is 18.3 Å². The molecule has 0 bridgehead atoms. The molecule has 1 heterocycles. The normalized spacial score (nSPS) is 10.1. The second-order valence-electron chi connectivity index (χ2n) is 3.04. The largest absolute Gasteiger partial charge is 0.388 e. The van der Waals surface area contributed by atoms with E-state index in [9.17, 15) is 0 Å². The van der Waals surface area contributed by atoms with Crippen LogP contribution in [0.5, 0.6) is 0 Å². The Morgan fingerprint density at radius 1 is 1.29 bits per heavy atom. The summed E-state index contributed by atoms with van der Waals surface area (Å²) >= 11 is 0. The smallest absolute Gasteiger partial charge is 0.183 e. The summed E-state index contributed by atoms with van der Waals surface area (Å²) in [5.41, 5.74) is 2.05. The van der Waals surface area contributed by atoms with Crippen molar-refractivity contribution < 1.29 is 0 Å². The third-order valence-electron chi connectivity index (χ3n) is 2.03. The van der Waals surface area contributed by atoms with Crippen LogP contribution < -0.4 is 5.32 Å². The Balaban J connectivity index is 2.50. The number of para-hydroxylation sites is 1. The van der Waals surface area contributed by atoms with Gasteiger partial charge in [-0.15, -0.1) is 0 Å². The molecule has 0 saturated carbocycles. The highest BCUT2D eigenvalue weighted by atomic mass is 15.2. The number of hydrogen-bond acceptors (Lipinski definition) is 3. The maximum atomic E-state index is 4.28. The van der Waals surface area contributed by atoms with Gasteiger partial charge in [-0.1, -0.05) is 12.1 Å². The maximum Gasteiger partial charge on any atom is 0.183 e. The van der Waals surface area contributed by atoms with E-state index in [4.69, 9.17) is 0 Å². The van der Waals surface area contributed by atoms with Gasteiger partial charge in [0.05, 0.1) is 0 Å². The number of anilines is 1. The first-order chi connectivity index (χ1) is 6.81. The molecule has 1 aromatic carbocycles. The molecule has 0 fully saturated rings. The second kappa shape index (κ2) is 3.49. The van der Waals surface area contributed by atoms with Crippen LogP contribution in [-0.4, -0.2) is 22.2 Å². The molecule has 0 aliphatic rings. The lowest BCUT2D eigenvalue weighted by Crippen LogP contribution is -1.92. The van der Waals surface area contributed by atoms with E-state index >= 15 is 0 Å². The highest BCUT2D eigenvalue weighted by Crippen LogP contribution is 2.23. The van der Waals surface area contributed by atoms with E-state index < -0.39 is 0 Å². The van der Waals surface area contributed by atoms with Gasteiger partial charge in [-0.05, 0) is 19.1 Å². The number of nitrogens with zero attached hydrogens (tertiary/aromatic N) is 2. The summed E-state index contributed by atoms with van der Waals surface area (Å²) in [6.07, 6.45) is 0. The predicted octanol–water partition coefficient (Wildman–Crippen LogP) is 1.82. The number of nitrogens with one attached hydrogen (secondary N) is 2. The van der Waals surface area contributed by atoms with E-state index in [1.54, 1.807) is 0 Å². The van der Waals surface area contributed by atoms with Gasteiger partial charge >= 0.3 is 0 Å². The van der Waals surface area contributed by atoms with Gasteiger partial charge in [0.1, 0.15) is 5.82 Å².